The van der Waals surface area contributed by atoms with Crippen molar-refractivity contribution in [2.75, 3.05) is 12.4 Å². The van der Waals surface area contributed by atoms with Gasteiger partial charge in [0.2, 0.25) is 0 Å². The maximum Gasteiger partial charge on any atom is 0.0378 e. The molecule has 0 heterocycles. The summed E-state index contributed by atoms with van der Waals surface area (Å²) in [5, 5.41) is 3.31. The average molecular weight is 231 g/mol. The van der Waals surface area contributed by atoms with E-state index in [9.17, 15) is 0 Å². The third-order valence-corrected chi connectivity index (χ3v) is 3.16. The van der Waals surface area contributed by atoms with Crippen molar-refractivity contribution >= 4 is 11.3 Å². The SMILES string of the molecule is C=C(C)c1cc(C(C)(C)C)c(NC)cc1CC. The lowest BCUT2D eigenvalue weighted by molar-refractivity contribution is 0.591. The highest BCUT2D eigenvalue weighted by Crippen LogP contribution is 2.34. The molecule has 1 nitrogen and oxygen atoms in total. The van der Waals surface area contributed by atoms with Crippen molar-refractivity contribution in [3.63, 3.8) is 0 Å². The summed E-state index contributed by atoms with van der Waals surface area (Å²) >= 11 is 0. The van der Waals surface area contributed by atoms with E-state index in [0.29, 0.717) is 0 Å². The molecule has 0 aliphatic rings. The van der Waals surface area contributed by atoms with Crippen LogP contribution in [0.5, 0.6) is 0 Å². The molecular formula is C16H25N. The molecule has 0 saturated carbocycles. The van der Waals surface area contributed by atoms with E-state index in [4.69, 9.17) is 0 Å². The van der Waals surface area contributed by atoms with Gasteiger partial charge in [-0.3, -0.25) is 0 Å². The molecule has 0 saturated heterocycles. The van der Waals surface area contributed by atoms with E-state index >= 15 is 0 Å². The Bertz CT molecular complexity index is 422. The Kier molecular flexibility index (Phi) is 4.03. The summed E-state index contributed by atoms with van der Waals surface area (Å²) in [7, 11) is 1.99. The van der Waals surface area contributed by atoms with Gasteiger partial charge >= 0.3 is 0 Å². The minimum atomic E-state index is 0.148. The summed E-state index contributed by atoms with van der Waals surface area (Å²) in [6.45, 7) is 15.1. The van der Waals surface area contributed by atoms with Gasteiger partial charge in [-0.2, -0.15) is 0 Å². The predicted octanol–water partition coefficient (Wildman–Crippen LogP) is 4.62. The van der Waals surface area contributed by atoms with Gasteiger partial charge in [-0.05, 0) is 47.6 Å². The molecule has 1 N–H and O–H groups in total. The largest absolute Gasteiger partial charge is 0.388 e. The molecule has 0 aromatic heterocycles. The van der Waals surface area contributed by atoms with Crippen molar-refractivity contribution in [3.8, 4) is 0 Å². The van der Waals surface area contributed by atoms with E-state index in [0.717, 1.165) is 12.0 Å². The fourth-order valence-electron chi connectivity index (χ4n) is 2.16. The topological polar surface area (TPSA) is 12.0 Å². The molecule has 0 fully saturated rings. The fraction of sp³-hybridized carbons (Fsp3) is 0.500. The Morgan fingerprint density at radius 1 is 1.29 bits per heavy atom. The lowest BCUT2D eigenvalue weighted by Gasteiger charge is -2.25. The van der Waals surface area contributed by atoms with Gasteiger partial charge in [0.1, 0.15) is 0 Å². The van der Waals surface area contributed by atoms with Crippen LogP contribution in [0.2, 0.25) is 0 Å². The Balaban J connectivity index is 3.50. The summed E-state index contributed by atoms with van der Waals surface area (Å²) in [6.07, 6.45) is 1.04. The maximum atomic E-state index is 4.09. The summed E-state index contributed by atoms with van der Waals surface area (Å²) < 4.78 is 0. The zero-order valence-electron chi connectivity index (χ0n) is 12.1. The van der Waals surface area contributed by atoms with Gasteiger partial charge in [-0.15, -0.1) is 0 Å². The normalized spacial score (nSPS) is 11.4. The number of hydrogen-bond donors (Lipinski definition) is 1. The Morgan fingerprint density at radius 2 is 1.88 bits per heavy atom. The van der Waals surface area contributed by atoms with Crippen LogP contribution in [-0.4, -0.2) is 7.05 Å². The lowest BCUT2D eigenvalue weighted by Crippen LogP contribution is -2.15. The molecule has 0 amide bonds. The number of nitrogens with one attached hydrogen (secondary N) is 1. The van der Waals surface area contributed by atoms with Crippen LogP contribution < -0.4 is 5.32 Å². The zero-order chi connectivity index (χ0) is 13.2. The highest BCUT2D eigenvalue weighted by molar-refractivity contribution is 5.70. The second kappa shape index (κ2) is 4.95. The predicted molar refractivity (Wildman–Crippen MR) is 78.8 cm³/mol. The first-order valence-corrected chi connectivity index (χ1v) is 6.32. The van der Waals surface area contributed by atoms with Crippen molar-refractivity contribution in [2.24, 2.45) is 0 Å². The molecular weight excluding hydrogens is 206 g/mol. The molecule has 0 bridgehead atoms. The van der Waals surface area contributed by atoms with Gasteiger partial charge in [0.25, 0.3) is 0 Å². The fourth-order valence-corrected chi connectivity index (χ4v) is 2.16. The van der Waals surface area contributed by atoms with Crippen LogP contribution in [0.3, 0.4) is 0 Å². The van der Waals surface area contributed by atoms with Gasteiger partial charge in [-0.25, -0.2) is 0 Å². The second-order valence-corrected chi connectivity index (χ2v) is 5.69. The van der Waals surface area contributed by atoms with Gasteiger partial charge in [0, 0.05) is 12.7 Å². The summed E-state index contributed by atoms with van der Waals surface area (Å²) in [5.41, 5.74) is 6.56. The highest BCUT2D eigenvalue weighted by atomic mass is 14.8. The van der Waals surface area contributed by atoms with Crippen LogP contribution in [0.4, 0.5) is 5.69 Å². The first-order valence-electron chi connectivity index (χ1n) is 6.32. The number of aryl methyl sites for hydroxylation is 1. The van der Waals surface area contributed by atoms with Crippen LogP contribution in [0.25, 0.3) is 5.57 Å². The first-order chi connectivity index (χ1) is 7.81. The van der Waals surface area contributed by atoms with Crippen LogP contribution in [0, 0.1) is 0 Å². The number of anilines is 1. The quantitative estimate of drug-likeness (QED) is 0.800. The van der Waals surface area contributed by atoms with Crippen molar-refractivity contribution in [2.45, 2.75) is 46.5 Å². The van der Waals surface area contributed by atoms with Crippen molar-refractivity contribution in [3.05, 3.63) is 35.4 Å². The number of allylic oxidation sites excluding steroid dienone is 1. The molecule has 0 unspecified atom stereocenters. The summed E-state index contributed by atoms with van der Waals surface area (Å²) in [4.78, 5) is 0. The van der Waals surface area contributed by atoms with Gasteiger partial charge in [-0.1, -0.05) is 39.8 Å². The summed E-state index contributed by atoms with van der Waals surface area (Å²) in [6, 6.07) is 4.57. The van der Waals surface area contributed by atoms with Gasteiger partial charge < -0.3 is 5.32 Å². The average Bonchev–Trinajstić information content (AvgIpc) is 2.25. The van der Waals surface area contributed by atoms with Crippen molar-refractivity contribution in [1.82, 2.24) is 0 Å². The van der Waals surface area contributed by atoms with E-state index < -0.39 is 0 Å². The van der Waals surface area contributed by atoms with Crippen LogP contribution in [-0.2, 0) is 11.8 Å². The molecule has 17 heavy (non-hydrogen) atoms. The Hall–Kier alpha value is -1.24. The first kappa shape index (κ1) is 13.8. The molecule has 1 aromatic rings. The van der Waals surface area contributed by atoms with Crippen LogP contribution >= 0.6 is 0 Å². The molecule has 0 aliphatic heterocycles. The van der Waals surface area contributed by atoms with Crippen molar-refractivity contribution < 1.29 is 0 Å². The second-order valence-electron chi connectivity index (χ2n) is 5.69. The Labute approximate surface area is 106 Å². The highest BCUT2D eigenvalue weighted by Gasteiger charge is 2.19. The zero-order valence-corrected chi connectivity index (χ0v) is 12.1. The molecule has 94 valence electrons. The third-order valence-electron chi connectivity index (χ3n) is 3.16. The van der Waals surface area contributed by atoms with E-state index in [1.165, 1.54) is 22.4 Å². The number of rotatable bonds is 3. The van der Waals surface area contributed by atoms with Crippen LogP contribution in [0.15, 0.2) is 18.7 Å². The molecule has 1 heteroatoms. The van der Waals surface area contributed by atoms with E-state index in [1.807, 2.05) is 7.05 Å². The standard InChI is InChI=1S/C16H25N/c1-8-12-9-15(17-7)14(16(4,5)6)10-13(12)11(2)3/h9-10,17H,2,8H2,1,3-7H3. The minimum Gasteiger partial charge on any atom is -0.388 e. The molecule has 0 atom stereocenters. The van der Waals surface area contributed by atoms with Gasteiger partial charge in [0.05, 0.1) is 0 Å². The van der Waals surface area contributed by atoms with Crippen molar-refractivity contribution in [1.29, 1.82) is 0 Å². The molecule has 1 aromatic carbocycles. The van der Waals surface area contributed by atoms with Crippen LogP contribution in [0.1, 0.15) is 51.3 Å². The van der Waals surface area contributed by atoms with E-state index in [1.54, 1.807) is 0 Å². The number of hydrogen-bond acceptors (Lipinski definition) is 1. The smallest absolute Gasteiger partial charge is 0.0378 e. The molecule has 1 rings (SSSR count). The number of benzene rings is 1. The molecule has 0 radical (unpaired) electrons. The maximum absolute atomic E-state index is 4.09. The third kappa shape index (κ3) is 2.91. The molecule has 0 aliphatic carbocycles. The lowest BCUT2D eigenvalue weighted by atomic mass is 9.82. The minimum absolute atomic E-state index is 0.148. The Morgan fingerprint density at radius 3 is 2.24 bits per heavy atom. The van der Waals surface area contributed by atoms with E-state index in [-0.39, 0.29) is 5.41 Å². The molecule has 0 spiro atoms. The summed E-state index contributed by atoms with van der Waals surface area (Å²) in [5.74, 6) is 0. The monoisotopic (exact) mass is 231 g/mol. The van der Waals surface area contributed by atoms with Gasteiger partial charge in [0.15, 0.2) is 0 Å². The van der Waals surface area contributed by atoms with E-state index in [2.05, 4.69) is 58.6 Å².